The Bertz CT molecular complexity index is 1040. The smallest absolute Gasteiger partial charge is 0.360 e. The zero-order valence-corrected chi connectivity index (χ0v) is 18.0. The lowest BCUT2D eigenvalue weighted by Crippen LogP contribution is -2.59. The summed E-state index contributed by atoms with van der Waals surface area (Å²) in [4.78, 5) is 15.9. The van der Waals surface area contributed by atoms with E-state index in [1.165, 1.54) is 17.0 Å². The number of fused-ring (bicyclic) bond motifs is 1. The van der Waals surface area contributed by atoms with Crippen LogP contribution >= 0.6 is 0 Å². The average molecular weight is 463 g/mol. The molecule has 0 spiro atoms. The van der Waals surface area contributed by atoms with Gasteiger partial charge in [0.15, 0.2) is 0 Å². The first kappa shape index (κ1) is 22.9. The van der Waals surface area contributed by atoms with E-state index >= 15 is 0 Å². The monoisotopic (exact) mass is 463 g/mol. The van der Waals surface area contributed by atoms with Crippen LogP contribution in [-0.4, -0.2) is 53.7 Å². The summed E-state index contributed by atoms with van der Waals surface area (Å²) in [5.74, 6) is -0.335. The molecule has 0 aromatic heterocycles. The minimum Gasteiger partial charge on any atom is -0.360 e. The molecule has 2 unspecified atom stereocenters. The fourth-order valence-electron chi connectivity index (χ4n) is 4.07. The number of nitrogens with two attached hydrogens (primary N) is 1. The highest BCUT2D eigenvalue weighted by atomic mass is 19.4. The van der Waals surface area contributed by atoms with Crippen LogP contribution in [-0.2, 0) is 4.79 Å². The molecule has 6 nitrogen and oxygen atoms in total. The molecule has 33 heavy (non-hydrogen) atoms. The second-order valence-corrected chi connectivity index (χ2v) is 8.29. The molecule has 1 amide bonds. The van der Waals surface area contributed by atoms with Gasteiger partial charge >= 0.3 is 6.18 Å². The van der Waals surface area contributed by atoms with Gasteiger partial charge in [0, 0.05) is 24.3 Å². The number of halogens is 4. The largest absolute Gasteiger partial charge is 0.391 e. The Kier molecular flexibility index (Phi) is 6.20. The van der Waals surface area contributed by atoms with Crippen LogP contribution in [0.1, 0.15) is 17.5 Å². The highest BCUT2D eigenvalue weighted by Crippen LogP contribution is 2.31. The molecular weight excluding hydrogens is 438 g/mol. The van der Waals surface area contributed by atoms with Gasteiger partial charge in [-0.3, -0.25) is 4.79 Å². The highest BCUT2D eigenvalue weighted by Gasteiger charge is 2.40. The Balaban J connectivity index is 1.56. The van der Waals surface area contributed by atoms with Gasteiger partial charge in [-0.05, 0) is 43.3 Å². The lowest BCUT2D eigenvalue weighted by Gasteiger charge is -2.40. The average Bonchev–Trinajstić information content (AvgIpc) is 3.11. The Labute approximate surface area is 189 Å². The summed E-state index contributed by atoms with van der Waals surface area (Å²) < 4.78 is 51.5. The van der Waals surface area contributed by atoms with Gasteiger partial charge in [-0.1, -0.05) is 17.7 Å². The SMILES string of the molecule is Cc1ccc(NC2=C(c3ccc(F)cc3)NC3CN(C(=O)C(N)CC(F)(F)F)CCN23)cc1. The minimum atomic E-state index is -4.51. The van der Waals surface area contributed by atoms with Crippen molar-refractivity contribution >= 4 is 17.3 Å². The first-order valence-corrected chi connectivity index (χ1v) is 10.6. The number of nitrogens with zero attached hydrogens (tertiary/aromatic N) is 2. The number of piperazine rings is 1. The maximum Gasteiger partial charge on any atom is 0.391 e. The van der Waals surface area contributed by atoms with Crippen molar-refractivity contribution in [1.82, 2.24) is 15.1 Å². The van der Waals surface area contributed by atoms with E-state index in [1.807, 2.05) is 36.1 Å². The fourth-order valence-corrected chi connectivity index (χ4v) is 4.07. The number of benzene rings is 2. The lowest BCUT2D eigenvalue weighted by atomic mass is 10.1. The molecule has 4 N–H and O–H groups in total. The summed E-state index contributed by atoms with van der Waals surface area (Å²) in [6.07, 6.45) is -6.23. The van der Waals surface area contributed by atoms with Gasteiger partial charge in [0.2, 0.25) is 5.91 Å². The summed E-state index contributed by atoms with van der Waals surface area (Å²) in [6, 6.07) is 12.2. The molecule has 0 aliphatic carbocycles. The number of nitrogens with one attached hydrogen (secondary N) is 2. The van der Waals surface area contributed by atoms with Gasteiger partial charge in [-0.15, -0.1) is 0 Å². The lowest BCUT2D eigenvalue weighted by molar-refractivity contribution is -0.153. The Hall–Kier alpha value is -3.27. The number of carbonyl (C=O) groups is 1. The number of amides is 1. The number of aryl methyl sites for hydroxylation is 1. The van der Waals surface area contributed by atoms with Gasteiger partial charge in [-0.25, -0.2) is 4.39 Å². The molecule has 1 fully saturated rings. The zero-order valence-electron chi connectivity index (χ0n) is 18.0. The third kappa shape index (κ3) is 5.22. The Morgan fingerprint density at radius 2 is 1.82 bits per heavy atom. The fraction of sp³-hybridized carbons (Fsp3) is 0.348. The van der Waals surface area contributed by atoms with Crippen LogP contribution in [0.15, 0.2) is 54.4 Å². The van der Waals surface area contributed by atoms with Crippen LogP contribution in [0, 0.1) is 12.7 Å². The first-order chi connectivity index (χ1) is 15.6. The molecule has 176 valence electrons. The van der Waals surface area contributed by atoms with Gasteiger partial charge in [0.1, 0.15) is 17.8 Å². The zero-order chi connectivity index (χ0) is 23.8. The predicted octanol–water partition coefficient (Wildman–Crippen LogP) is 3.23. The number of carbonyl (C=O) groups excluding carboxylic acids is 1. The summed E-state index contributed by atoms with van der Waals surface area (Å²) in [5, 5.41) is 6.75. The predicted molar refractivity (Wildman–Crippen MR) is 117 cm³/mol. The summed E-state index contributed by atoms with van der Waals surface area (Å²) in [7, 11) is 0. The molecule has 0 radical (unpaired) electrons. The van der Waals surface area contributed by atoms with Crippen molar-refractivity contribution in [3.05, 3.63) is 71.3 Å². The molecule has 2 aliphatic rings. The van der Waals surface area contributed by atoms with Crippen LogP contribution in [0.4, 0.5) is 23.2 Å². The molecular formula is C23H25F4N5O. The van der Waals surface area contributed by atoms with Gasteiger partial charge in [-0.2, -0.15) is 13.2 Å². The van der Waals surface area contributed by atoms with Crippen LogP contribution in [0.25, 0.3) is 5.70 Å². The van der Waals surface area contributed by atoms with Gasteiger partial charge in [0.05, 0.1) is 24.7 Å². The molecule has 10 heteroatoms. The topological polar surface area (TPSA) is 73.6 Å². The molecule has 0 saturated carbocycles. The molecule has 2 atom stereocenters. The maximum absolute atomic E-state index is 13.5. The molecule has 2 aromatic rings. The van der Waals surface area contributed by atoms with Crippen molar-refractivity contribution in [3.8, 4) is 0 Å². The van der Waals surface area contributed by atoms with E-state index in [2.05, 4.69) is 10.6 Å². The van der Waals surface area contributed by atoms with Crippen LogP contribution < -0.4 is 16.4 Å². The second-order valence-electron chi connectivity index (χ2n) is 8.29. The maximum atomic E-state index is 13.5. The molecule has 1 saturated heterocycles. The minimum absolute atomic E-state index is 0.161. The first-order valence-electron chi connectivity index (χ1n) is 10.6. The summed E-state index contributed by atoms with van der Waals surface area (Å²) >= 11 is 0. The van der Waals surface area contributed by atoms with Crippen molar-refractivity contribution in [3.63, 3.8) is 0 Å². The number of alkyl halides is 3. The van der Waals surface area contributed by atoms with E-state index < -0.39 is 24.5 Å². The number of rotatable bonds is 5. The summed E-state index contributed by atoms with van der Waals surface area (Å²) in [6.45, 7) is 2.77. The van der Waals surface area contributed by atoms with E-state index in [9.17, 15) is 22.4 Å². The summed E-state index contributed by atoms with van der Waals surface area (Å²) in [5.41, 5.74) is 8.96. The number of hydrogen-bond acceptors (Lipinski definition) is 5. The quantitative estimate of drug-likeness (QED) is 0.594. The second kappa shape index (κ2) is 8.93. The standard InChI is InChI=1S/C23H25F4N5O/c1-14-2-8-17(9-3-14)29-21-20(15-4-6-16(24)7-5-15)30-19-13-31(10-11-32(19)21)22(33)18(28)12-23(25,26)27/h2-9,18-19,29-30H,10-13,28H2,1H3. The van der Waals surface area contributed by atoms with Crippen molar-refractivity contribution in [1.29, 1.82) is 0 Å². The van der Waals surface area contributed by atoms with E-state index in [-0.39, 0.29) is 25.1 Å². The molecule has 2 aromatic carbocycles. The highest BCUT2D eigenvalue weighted by molar-refractivity contribution is 5.82. The number of anilines is 1. The van der Waals surface area contributed by atoms with E-state index in [1.54, 1.807) is 12.1 Å². The van der Waals surface area contributed by atoms with E-state index in [4.69, 9.17) is 5.73 Å². The van der Waals surface area contributed by atoms with Crippen LogP contribution in [0.5, 0.6) is 0 Å². The third-order valence-corrected chi connectivity index (χ3v) is 5.74. The third-order valence-electron chi connectivity index (χ3n) is 5.74. The van der Waals surface area contributed by atoms with Gasteiger partial charge < -0.3 is 26.2 Å². The van der Waals surface area contributed by atoms with Crippen molar-refractivity contribution < 1.29 is 22.4 Å². The van der Waals surface area contributed by atoms with Crippen molar-refractivity contribution in [2.75, 3.05) is 25.0 Å². The van der Waals surface area contributed by atoms with Gasteiger partial charge in [0.25, 0.3) is 0 Å². The number of hydrogen-bond donors (Lipinski definition) is 3. The molecule has 4 rings (SSSR count). The van der Waals surface area contributed by atoms with E-state index in [0.717, 1.165) is 28.3 Å². The van der Waals surface area contributed by atoms with Crippen molar-refractivity contribution in [2.45, 2.75) is 31.7 Å². The Morgan fingerprint density at radius 3 is 2.45 bits per heavy atom. The Morgan fingerprint density at radius 1 is 1.15 bits per heavy atom. The molecule has 2 heterocycles. The van der Waals surface area contributed by atoms with E-state index in [0.29, 0.717) is 6.54 Å². The van der Waals surface area contributed by atoms with Crippen LogP contribution in [0.3, 0.4) is 0 Å². The normalized spacial score (nSPS) is 19.3. The van der Waals surface area contributed by atoms with Crippen LogP contribution in [0.2, 0.25) is 0 Å². The molecule has 2 aliphatic heterocycles. The van der Waals surface area contributed by atoms with Crippen molar-refractivity contribution in [2.24, 2.45) is 5.73 Å². The molecule has 0 bridgehead atoms.